The molecule has 0 radical (unpaired) electrons. The van der Waals surface area contributed by atoms with Gasteiger partial charge in [0.05, 0.1) is 31.2 Å². The molecule has 0 saturated carbocycles. The van der Waals surface area contributed by atoms with Crippen molar-refractivity contribution in [3.63, 3.8) is 0 Å². The van der Waals surface area contributed by atoms with Gasteiger partial charge < -0.3 is 11.1 Å². The fourth-order valence-corrected chi connectivity index (χ4v) is 4.05. The van der Waals surface area contributed by atoms with Gasteiger partial charge in [-0.2, -0.15) is 0 Å². The molecule has 0 aliphatic heterocycles. The minimum absolute atomic E-state index is 0.0117. The first kappa shape index (κ1) is 20.8. The summed E-state index contributed by atoms with van der Waals surface area (Å²) in [6.45, 7) is 3.38. The number of halogens is 3. The molecular weight excluding hydrogens is 421 g/mol. The Kier molecular flexibility index (Phi) is 6.42. The van der Waals surface area contributed by atoms with Crippen LogP contribution in [0.5, 0.6) is 0 Å². The average Bonchev–Trinajstić information content (AvgIpc) is 2.51. The molecule has 2 aromatic carbocycles. The summed E-state index contributed by atoms with van der Waals surface area (Å²) in [5.74, 6) is -0.617. The van der Waals surface area contributed by atoms with Crippen molar-refractivity contribution in [3.8, 4) is 0 Å². The molecule has 26 heavy (non-hydrogen) atoms. The second kappa shape index (κ2) is 8.02. The monoisotopic (exact) mass is 435 g/mol. The number of nitrogen functional groups attached to an aromatic ring is 1. The Morgan fingerprint density at radius 2 is 1.62 bits per heavy atom. The van der Waals surface area contributed by atoms with Gasteiger partial charge in [0.1, 0.15) is 0 Å². The van der Waals surface area contributed by atoms with Crippen molar-refractivity contribution in [1.29, 1.82) is 0 Å². The summed E-state index contributed by atoms with van der Waals surface area (Å²) < 4.78 is 27.0. The zero-order valence-electron chi connectivity index (χ0n) is 13.8. The highest BCUT2D eigenvalue weighted by molar-refractivity contribution is 7.89. The Bertz CT molecular complexity index is 939. The zero-order valence-corrected chi connectivity index (χ0v) is 16.9. The first-order valence-electron chi connectivity index (χ1n) is 7.39. The summed E-state index contributed by atoms with van der Waals surface area (Å²) in [6, 6.07) is 6.41. The minimum atomic E-state index is -3.77. The number of sulfonamides is 1. The molecule has 0 spiro atoms. The molecule has 1 amide bonds. The molecule has 6 nitrogen and oxygen atoms in total. The molecule has 0 aliphatic carbocycles. The van der Waals surface area contributed by atoms with Gasteiger partial charge in [-0.25, -0.2) is 13.1 Å². The Morgan fingerprint density at radius 3 is 2.15 bits per heavy atom. The van der Waals surface area contributed by atoms with E-state index in [1.807, 2.05) is 0 Å². The van der Waals surface area contributed by atoms with E-state index in [4.69, 9.17) is 40.5 Å². The molecule has 0 fully saturated rings. The fourth-order valence-electron chi connectivity index (χ4n) is 2.08. The van der Waals surface area contributed by atoms with Crippen LogP contribution in [0, 0.1) is 0 Å². The van der Waals surface area contributed by atoms with Crippen LogP contribution < -0.4 is 15.8 Å². The van der Waals surface area contributed by atoms with E-state index in [9.17, 15) is 13.2 Å². The summed E-state index contributed by atoms with van der Waals surface area (Å²) in [4.78, 5) is 12.4. The van der Waals surface area contributed by atoms with Crippen LogP contribution in [0.25, 0.3) is 0 Å². The van der Waals surface area contributed by atoms with Crippen molar-refractivity contribution in [2.45, 2.75) is 24.8 Å². The Labute approximate surface area is 166 Å². The van der Waals surface area contributed by atoms with Gasteiger partial charge in [0.25, 0.3) is 5.91 Å². The molecule has 2 aromatic rings. The number of nitrogens with one attached hydrogen (secondary N) is 2. The largest absolute Gasteiger partial charge is 0.396 e. The van der Waals surface area contributed by atoms with Gasteiger partial charge in [-0.15, -0.1) is 0 Å². The third-order valence-corrected chi connectivity index (χ3v) is 5.83. The number of hydrogen-bond donors (Lipinski definition) is 3. The SMILES string of the molecule is CC(C)NS(=O)(=O)c1ccc(Cl)c(C(=O)Nc2cc(Cl)c(N)c(Cl)c2)c1. The van der Waals surface area contributed by atoms with E-state index in [1.165, 1.54) is 30.3 Å². The lowest BCUT2D eigenvalue weighted by atomic mass is 10.2. The van der Waals surface area contributed by atoms with E-state index in [-0.39, 0.29) is 37.3 Å². The zero-order chi connectivity index (χ0) is 19.6. The molecule has 0 heterocycles. The molecule has 0 unspecified atom stereocenters. The molecule has 4 N–H and O–H groups in total. The van der Waals surface area contributed by atoms with Gasteiger partial charge in [-0.05, 0) is 44.2 Å². The summed E-state index contributed by atoms with van der Waals surface area (Å²) in [7, 11) is -3.77. The minimum Gasteiger partial charge on any atom is -0.396 e. The highest BCUT2D eigenvalue weighted by Crippen LogP contribution is 2.31. The van der Waals surface area contributed by atoms with Crippen molar-refractivity contribution < 1.29 is 13.2 Å². The number of carbonyl (C=O) groups is 1. The van der Waals surface area contributed by atoms with Crippen LogP contribution in [0.15, 0.2) is 35.2 Å². The molecule has 0 atom stereocenters. The van der Waals surface area contributed by atoms with Crippen molar-refractivity contribution in [2.24, 2.45) is 0 Å². The molecule has 0 aliphatic rings. The number of nitrogens with two attached hydrogens (primary N) is 1. The number of hydrogen-bond acceptors (Lipinski definition) is 4. The lowest BCUT2D eigenvalue weighted by Crippen LogP contribution is -2.30. The van der Waals surface area contributed by atoms with Crippen LogP contribution in [0.2, 0.25) is 15.1 Å². The van der Waals surface area contributed by atoms with Crippen LogP contribution in [0.3, 0.4) is 0 Å². The third-order valence-electron chi connectivity index (χ3n) is 3.22. The van der Waals surface area contributed by atoms with E-state index >= 15 is 0 Å². The molecule has 0 saturated heterocycles. The van der Waals surface area contributed by atoms with Crippen molar-refractivity contribution in [1.82, 2.24) is 4.72 Å². The van der Waals surface area contributed by atoms with Crippen LogP contribution in [-0.4, -0.2) is 20.4 Å². The van der Waals surface area contributed by atoms with Gasteiger partial charge in [0, 0.05) is 11.7 Å². The lowest BCUT2D eigenvalue weighted by Gasteiger charge is -2.12. The van der Waals surface area contributed by atoms with E-state index < -0.39 is 15.9 Å². The lowest BCUT2D eigenvalue weighted by molar-refractivity contribution is 0.102. The maximum Gasteiger partial charge on any atom is 0.257 e. The maximum atomic E-state index is 12.5. The first-order chi connectivity index (χ1) is 12.0. The van der Waals surface area contributed by atoms with Crippen LogP contribution >= 0.6 is 34.8 Å². The molecule has 2 rings (SSSR count). The van der Waals surface area contributed by atoms with Gasteiger partial charge in [0.15, 0.2) is 0 Å². The van der Waals surface area contributed by atoms with Gasteiger partial charge in [-0.1, -0.05) is 34.8 Å². The molecule has 0 aromatic heterocycles. The smallest absolute Gasteiger partial charge is 0.257 e. The first-order valence-corrected chi connectivity index (χ1v) is 10.0. The number of benzene rings is 2. The van der Waals surface area contributed by atoms with Crippen LogP contribution in [-0.2, 0) is 10.0 Å². The van der Waals surface area contributed by atoms with Crippen LogP contribution in [0.4, 0.5) is 11.4 Å². The second-order valence-electron chi connectivity index (χ2n) is 5.73. The van der Waals surface area contributed by atoms with Crippen molar-refractivity contribution in [2.75, 3.05) is 11.1 Å². The number of rotatable bonds is 5. The van der Waals surface area contributed by atoms with E-state index in [1.54, 1.807) is 13.8 Å². The van der Waals surface area contributed by atoms with Gasteiger partial charge >= 0.3 is 0 Å². The predicted molar refractivity (Wildman–Crippen MR) is 106 cm³/mol. The van der Waals surface area contributed by atoms with Crippen molar-refractivity contribution in [3.05, 3.63) is 51.0 Å². The van der Waals surface area contributed by atoms with E-state index in [2.05, 4.69) is 10.0 Å². The van der Waals surface area contributed by atoms with Gasteiger partial charge in [0.2, 0.25) is 10.0 Å². The highest BCUT2D eigenvalue weighted by atomic mass is 35.5. The maximum absolute atomic E-state index is 12.5. The van der Waals surface area contributed by atoms with Crippen molar-refractivity contribution >= 4 is 62.1 Å². The Balaban J connectivity index is 2.36. The summed E-state index contributed by atoms with van der Waals surface area (Å²) in [5.41, 5.74) is 6.13. The number of carbonyl (C=O) groups excluding carboxylic acids is 1. The molecule has 0 bridgehead atoms. The van der Waals surface area contributed by atoms with E-state index in [0.29, 0.717) is 5.69 Å². The average molecular weight is 437 g/mol. The number of anilines is 2. The quantitative estimate of drug-likeness (QED) is 0.612. The molecular formula is C16H16Cl3N3O3S. The second-order valence-corrected chi connectivity index (χ2v) is 8.66. The summed E-state index contributed by atoms with van der Waals surface area (Å²) in [6.07, 6.45) is 0. The Hall–Kier alpha value is -1.51. The predicted octanol–water partition coefficient (Wildman–Crippen LogP) is 4.17. The normalized spacial score (nSPS) is 11.6. The number of amides is 1. The Morgan fingerprint density at radius 1 is 1.04 bits per heavy atom. The fraction of sp³-hybridized carbons (Fsp3) is 0.188. The molecule has 140 valence electrons. The third kappa shape index (κ3) is 4.81. The van der Waals surface area contributed by atoms with Gasteiger partial charge in [-0.3, -0.25) is 4.79 Å². The van der Waals surface area contributed by atoms with Crippen LogP contribution in [0.1, 0.15) is 24.2 Å². The summed E-state index contributed by atoms with van der Waals surface area (Å²) in [5, 5.41) is 3.01. The highest BCUT2D eigenvalue weighted by Gasteiger charge is 2.20. The standard InChI is InChI=1S/C16H16Cl3N3O3S/c1-8(2)22-26(24,25)10-3-4-12(17)11(7-10)16(23)21-9-5-13(18)15(20)14(19)6-9/h3-8,22H,20H2,1-2H3,(H,21,23). The summed E-state index contributed by atoms with van der Waals surface area (Å²) >= 11 is 17.9. The van der Waals surface area contributed by atoms with E-state index in [0.717, 1.165) is 0 Å². The topological polar surface area (TPSA) is 101 Å². The molecule has 10 heteroatoms.